The van der Waals surface area contributed by atoms with Crippen molar-refractivity contribution in [2.75, 3.05) is 5.73 Å². The molecule has 1 aromatic heterocycles. The summed E-state index contributed by atoms with van der Waals surface area (Å²) < 4.78 is 0. The fourth-order valence-corrected chi connectivity index (χ4v) is 2.76. The van der Waals surface area contributed by atoms with Crippen LogP contribution in [0.1, 0.15) is 31.7 Å². The lowest BCUT2D eigenvalue weighted by molar-refractivity contribution is -0.116. The topological polar surface area (TPSA) is 72.1 Å². The average molecular weight is 298 g/mol. The minimum atomic E-state index is 0.360. The van der Waals surface area contributed by atoms with Crippen molar-refractivity contribution in [1.29, 1.82) is 0 Å². The molecule has 1 aromatic rings. The van der Waals surface area contributed by atoms with Crippen LogP contribution in [0.5, 0.6) is 0 Å². The van der Waals surface area contributed by atoms with Crippen LogP contribution in [0.3, 0.4) is 0 Å². The normalized spacial score (nSPS) is 12.0. The van der Waals surface area contributed by atoms with E-state index in [1.54, 1.807) is 18.0 Å². The van der Waals surface area contributed by atoms with Gasteiger partial charge in [-0.05, 0) is 20.3 Å². The van der Waals surface area contributed by atoms with E-state index < -0.39 is 0 Å². The summed E-state index contributed by atoms with van der Waals surface area (Å²) in [5.41, 5.74) is 7.44. The first kappa shape index (κ1) is 15.8. The molecule has 2 N–H and O–H groups in total. The monoisotopic (exact) mass is 298 g/mol. The number of carbonyl (C=O) groups excluding carboxylic acids is 1. The maximum atomic E-state index is 11.2. The van der Waals surface area contributed by atoms with Gasteiger partial charge in [-0.2, -0.15) is 0 Å². The van der Waals surface area contributed by atoms with E-state index in [-0.39, 0.29) is 0 Å². The van der Waals surface area contributed by atoms with Gasteiger partial charge in [0.15, 0.2) is 0 Å². The molecule has 0 aliphatic heterocycles. The minimum absolute atomic E-state index is 0.360. The molecule has 0 atom stereocenters. The van der Waals surface area contributed by atoms with E-state index in [9.17, 15) is 4.79 Å². The number of allylic oxidation sites excluding steroid dienone is 2. The molecule has 0 aliphatic carbocycles. The van der Waals surface area contributed by atoms with Gasteiger partial charge in [0.25, 0.3) is 0 Å². The second kappa shape index (κ2) is 7.40. The fourth-order valence-electron chi connectivity index (χ4n) is 1.60. The number of nitrogens with zero attached hydrogens (tertiary/aromatic N) is 3. The van der Waals surface area contributed by atoms with Crippen molar-refractivity contribution in [2.45, 2.75) is 33.7 Å². The Morgan fingerprint density at radius 2 is 2.32 bits per heavy atom. The maximum absolute atomic E-state index is 11.2. The molecule has 0 saturated carbocycles. The zero-order chi connectivity index (χ0) is 14.4. The van der Waals surface area contributed by atoms with E-state index in [1.807, 2.05) is 13.8 Å². The van der Waals surface area contributed by atoms with Crippen LogP contribution in [-0.2, 0) is 11.3 Å². The summed E-state index contributed by atoms with van der Waals surface area (Å²) in [4.78, 5) is 22.1. The molecule has 1 amide bonds. The van der Waals surface area contributed by atoms with Gasteiger partial charge < -0.3 is 10.6 Å². The van der Waals surface area contributed by atoms with Crippen LogP contribution < -0.4 is 5.73 Å². The number of nitrogen functional groups attached to an aromatic ring is 1. The van der Waals surface area contributed by atoms with E-state index >= 15 is 0 Å². The summed E-state index contributed by atoms with van der Waals surface area (Å²) in [5, 5.41) is 0. The van der Waals surface area contributed by atoms with Crippen molar-refractivity contribution < 1.29 is 4.79 Å². The number of carbonyl (C=O) groups is 1. The highest BCUT2D eigenvalue weighted by molar-refractivity contribution is 8.70. The Bertz CT molecular complexity index is 485. The van der Waals surface area contributed by atoms with Crippen LogP contribution in [0.25, 0.3) is 0 Å². The first-order valence-corrected chi connectivity index (χ1v) is 7.71. The first-order valence-electron chi connectivity index (χ1n) is 5.84. The second-order valence-corrected chi connectivity index (χ2v) is 5.24. The zero-order valence-corrected chi connectivity index (χ0v) is 13.0. The number of hydrogen-bond donors (Lipinski definition) is 2. The highest BCUT2D eigenvalue weighted by Crippen LogP contribution is 2.28. The minimum Gasteiger partial charge on any atom is -0.383 e. The Morgan fingerprint density at radius 3 is 2.79 bits per heavy atom. The lowest BCUT2D eigenvalue weighted by Gasteiger charge is -2.21. The molecular weight excluding hydrogens is 280 g/mol. The molecule has 0 spiro atoms. The standard InChI is InChI=1S/C12H18N4OS2/c1-4-11(19-18)8(2)16(7-17)6-10-5-14-9(3)15-12(10)13/h5,7,18H,4,6H2,1-3H3,(H2,13,14,15)/b11-8-. The van der Waals surface area contributed by atoms with E-state index in [0.29, 0.717) is 18.2 Å². The molecule has 5 nitrogen and oxygen atoms in total. The third-order valence-electron chi connectivity index (χ3n) is 2.75. The number of thiol groups is 1. The summed E-state index contributed by atoms with van der Waals surface area (Å²) >= 11 is 4.20. The average Bonchev–Trinajstić information content (AvgIpc) is 2.39. The van der Waals surface area contributed by atoms with Crippen molar-refractivity contribution in [1.82, 2.24) is 14.9 Å². The van der Waals surface area contributed by atoms with E-state index in [1.165, 1.54) is 10.8 Å². The Balaban J connectivity index is 3.00. The first-order chi connectivity index (χ1) is 9.03. The molecule has 0 fully saturated rings. The lowest BCUT2D eigenvalue weighted by atomic mass is 10.2. The third kappa shape index (κ3) is 4.14. The SMILES string of the molecule is CC/C(SS)=C(\C)N(C=O)Cc1cnc(C)nc1N. The molecule has 1 rings (SSSR count). The molecule has 0 radical (unpaired) electrons. The van der Waals surface area contributed by atoms with Gasteiger partial charge in [0, 0.05) is 22.4 Å². The molecular formula is C12H18N4OS2. The molecule has 19 heavy (non-hydrogen) atoms. The van der Waals surface area contributed by atoms with Gasteiger partial charge in [0.2, 0.25) is 6.41 Å². The van der Waals surface area contributed by atoms with Crippen LogP contribution in [-0.4, -0.2) is 21.3 Å². The van der Waals surface area contributed by atoms with Gasteiger partial charge in [0.05, 0.1) is 6.54 Å². The molecule has 0 bridgehead atoms. The Labute approximate surface area is 122 Å². The van der Waals surface area contributed by atoms with Crippen LogP contribution in [0, 0.1) is 6.92 Å². The molecule has 0 unspecified atom stereocenters. The Hall–Kier alpha value is -1.21. The number of aryl methyl sites for hydroxylation is 1. The summed E-state index contributed by atoms with van der Waals surface area (Å²) in [5.74, 6) is 1.02. The van der Waals surface area contributed by atoms with Crippen molar-refractivity contribution in [3.63, 3.8) is 0 Å². The second-order valence-electron chi connectivity index (χ2n) is 4.01. The van der Waals surface area contributed by atoms with E-state index in [4.69, 9.17) is 5.73 Å². The quantitative estimate of drug-likeness (QED) is 0.480. The number of hydrogen-bond acceptors (Lipinski definition) is 6. The molecule has 0 aliphatic rings. The Kier molecular flexibility index (Phi) is 6.17. The van der Waals surface area contributed by atoms with Gasteiger partial charge in [-0.1, -0.05) is 17.7 Å². The highest BCUT2D eigenvalue weighted by Gasteiger charge is 2.12. The number of anilines is 1. The number of amides is 1. The van der Waals surface area contributed by atoms with Gasteiger partial charge in [0.1, 0.15) is 11.6 Å². The maximum Gasteiger partial charge on any atom is 0.214 e. The van der Waals surface area contributed by atoms with Crippen molar-refractivity contribution >= 4 is 34.7 Å². The van der Waals surface area contributed by atoms with E-state index in [0.717, 1.165) is 29.0 Å². The van der Waals surface area contributed by atoms with Crippen LogP contribution in [0.4, 0.5) is 5.82 Å². The number of rotatable bonds is 6. The summed E-state index contributed by atoms with van der Waals surface area (Å²) in [6, 6.07) is 0. The number of aromatic nitrogens is 2. The molecule has 7 heteroatoms. The summed E-state index contributed by atoms with van der Waals surface area (Å²) in [6.45, 7) is 6.05. The van der Waals surface area contributed by atoms with Gasteiger partial charge in [-0.25, -0.2) is 9.97 Å². The molecule has 0 aromatic carbocycles. The summed E-state index contributed by atoms with van der Waals surface area (Å²) in [7, 11) is 1.35. The van der Waals surface area contributed by atoms with Crippen molar-refractivity contribution in [3.8, 4) is 0 Å². The molecule has 104 valence electrons. The third-order valence-corrected chi connectivity index (χ3v) is 4.22. The largest absolute Gasteiger partial charge is 0.383 e. The van der Waals surface area contributed by atoms with Gasteiger partial charge in [-0.3, -0.25) is 4.79 Å². The van der Waals surface area contributed by atoms with Crippen LogP contribution in [0.15, 0.2) is 16.8 Å². The number of nitrogens with two attached hydrogens (primary N) is 1. The van der Waals surface area contributed by atoms with Crippen molar-refractivity contribution in [2.24, 2.45) is 0 Å². The lowest BCUT2D eigenvalue weighted by Crippen LogP contribution is -2.21. The highest BCUT2D eigenvalue weighted by atomic mass is 33.1. The Morgan fingerprint density at radius 1 is 1.63 bits per heavy atom. The zero-order valence-electron chi connectivity index (χ0n) is 11.3. The van der Waals surface area contributed by atoms with Gasteiger partial charge >= 0.3 is 0 Å². The van der Waals surface area contributed by atoms with E-state index in [2.05, 4.69) is 21.6 Å². The predicted octanol–water partition coefficient (Wildman–Crippen LogP) is 2.55. The van der Waals surface area contributed by atoms with Gasteiger partial charge in [-0.15, -0.1) is 11.7 Å². The summed E-state index contributed by atoms with van der Waals surface area (Å²) in [6.07, 6.45) is 3.26. The van der Waals surface area contributed by atoms with Crippen LogP contribution >= 0.6 is 22.5 Å². The smallest absolute Gasteiger partial charge is 0.214 e. The molecule has 0 saturated heterocycles. The van der Waals surface area contributed by atoms with Crippen LogP contribution in [0.2, 0.25) is 0 Å². The molecule has 1 heterocycles. The van der Waals surface area contributed by atoms with Crippen molar-refractivity contribution in [3.05, 3.63) is 28.2 Å². The fraction of sp³-hybridized carbons (Fsp3) is 0.417. The predicted molar refractivity (Wildman–Crippen MR) is 82.4 cm³/mol.